The zero-order valence-corrected chi connectivity index (χ0v) is 18.9. The highest BCUT2D eigenvalue weighted by atomic mass is 19.4. The van der Waals surface area contributed by atoms with Gasteiger partial charge in [-0.05, 0) is 49.1 Å². The standard InChI is InChI=1S/C25H28F4N2O2/c1-5-7-21-19(8-6-10-30-21)16(2)31-15-24(32,25(27,28)29)14-23(3,4)20-13-18(26)12-17-9-11-33-22(17)20/h5-8,10,12-13,31-32H,2,9,11,14-15H2,1,3-4H3/b7-5-. The first-order chi connectivity index (χ1) is 15.4. The van der Waals surface area contributed by atoms with Gasteiger partial charge in [0.25, 0.3) is 0 Å². The second-order valence-electron chi connectivity index (χ2n) is 8.90. The van der Waals surface area contributed by atoms with E-state index in [0.29, 0.717) is 41.2 Å². The highest BCUT2D eigenvalue weighted by molar-refractivity contribution is 5.69. The van der Waals surface area contributed by atoms with Crippen LogP contribution < -0.4 is 10.1 Å². The first kappa shape index (κ1) is 24.8. The Morgan fingerprint density at radius 2 is 2.03 bits per heavy atom. The summed E-state index contributed by atoms with van der Waals surface area (Å²) in [6.07, 6.45) is -0.131. The third-order valence-electron chi connectivity index (χ3n) is 5.82. The number of aliphatic hydroxyl groups is 1. The number of alkyl halides is 3. The number of ether oxygens (including phenoxy) is 1. The molecule has 0 radical (unpaired) electrons. The molecule has 2 aromatic rings. The van der Waals surface area contributed by atoms with Crippen LogP contribution in [0.2, 0.25) is 0 Å². The monoisotopic (exact) mass is 464 g/mol. The lowest BCUT2D eigenvalue weighted by Gasteiger charge is -2.38. The van der Waals surface area contributed by atoms with E-state index in [1.54, 1.807) is 51.3 Å². The second kappa shape index (κ2) is 9.17. The molecule has 33 heavy (non-hydrogen) atoms. The molecule has 1 aliphatic heterocycles. The van der Waals surface area contributed by atoms with Crippen molar-refractivity contribution < 1.29 is 27.4 Å². The predicted octanol–water partition coefficient (Wildman–Crippen LogP) is 5.41. The largest absolute Gasteiger partial charge is 0.493 e. The lowest BCUT2D eigenvalue weighted by Crippen LogP contribution is -2.55. The van der Waals surface area contributed by atoms with Crippen molar-refractivity contribution in [2.45, 2.75) is 50.8 Å². The molecule has 1 aliphatic rings. The predicted molar refractivity (Wildman–Crippen MR) is 120 cm³/mol. The van der Waals surface area contributed by atoms with Crippen molar-refractivity contribution in [3.05, 3.63) is 71.3 Å². The van der Waals surface area contributed by atoms with Crippen LogP contribution in [0.5, 0.6) is 5.75 Å². The molecule has 0 aliphatic carbocycles. The van der Waals surface area contributed by atoms with Gasteiger partial charge in [0.05, 0.1) is 18.8 Å². The lowest BCUT2D eigenvalue weighted by atomic mass is 9.74. The number of nitrogens with one attached hydrogen (secondary N) is 1. The summed E-state index contributed by atoms with van der Waals surface area (Å²) in [5.74, 6) is -0.146. The highest BCUT2D eigenvalue weighted by Crippen LogP contribution is 2.45. The van der Waals surface area contributed by atoms with Crippen molar-refractivity contribution in [1.82, 2.24) is 10.3 Å². The number of aromatic nitrogens is 1. The average molecular weight is 465 g/mol. The molecule has 4 nitrogen and oxygen atoms in total. The van der Waals surface area contributed by atoms with Gasteiger partial charge in [0.1, 0.15) is 11.6 Å². The number of allylic oxidation sites excluding steroid dienone is 1. The number of hydrogen-bond acceptors (Lipinski definition) is 4. The molecule has 0 bridgehead atoms. The van der Waals surface area contributed by atoms with Crippen LogP contribution in [0.4, 0.5) is 17.6 Å². The van der Waals surface area contributed by atoms with Crippen LogP contribution in [-0.4, -0.2) is 35.0 Å². The molecule has 1 aromatic heterocycles. The van der Waals surface area contributed by atoms with Gasteiger partial charge in [-0.2, -0.15) is 13.2 Å². The molecule has 3 rings (SSSR count). The fourth-order valence-electron chi connectivity index (χ4n) is 4.17. The van der Waals surface area contributed by atoms with Gasteiger partial charge in [-0.1, -0.05) is 26.5 Å². The molecule has 0 saturated heterocycles. The first-order valence-corrected chi connectivity index (χ1v) is 10.6. The van der Waals surface area contributed by atoms with Crippen LogP contribution in [-0.2, 0) is 11.8 Å². The van der Waals surface area contributed by atoms with Gasteiger partial charge in [0.2, 0.25) is 0 Å². The van der Waals surface area contributed by atoms with Gasteiger partial charge in [0, 0.05) is 35.0 Å². The van der Waals surface area contributed by atoms with Crippen molar-refractivity contribution in [2.75, 3.05) is 13.2 Å². The number of hydrogen-bond donors (Lipinski definition) is 2. The van der Waals surface area contributed by atoms with Gasteiger partial charge in [-0.15, -0.1) is 0 Å². The van der Waals surface area contributed by atoms with E-state index in [4.69, 9.17) is 4.74 Å². The van der Waals surface area contributed by atoms with Gasteiger partial charge >= 0.3 is 6.18 Å². The maximum atomic E-state index is 14.2. The minimum atomic E-state index is -4.95. The van der Waals surface area contributed by atoms with E-state index in [1.807, 2.05) is 0 Å². The van der Waals surface area contributed by atoms with E-state index in [1.165, 1.54) is 12.1 Å². The third kappa shape index (κ3) is 5.21. The fourth-order valence-corrected chi connectivity index (χ4v) is 4.17. The van der Waals surface area contributed by atoms with Gasteiger partial charge in [-0.25, -0.2) is 4.39 Å². The third-order valence-corrected chi connectivity index (χ3v) is 5.82. The number of pyridine rings is 1. The van der Waals surface area contributed by atoms with Crippen molar-refractivity contribution in [3.8, 4) is 5.75 Å². The van der Waals surface area contributed by atoms with Gasteiger partial charge < -0.3 is 15.2 Å². The summed E-state index contributed by atoms with van der Waals surface area (Å²) in [5.41, 5.74) is -2.16. The molecule has 0 saturated carbocycles. The lowest BCUT2D eigenvalue weighted by molar-refractivity contribution is -0.263. The van der Waals surface area contributed by atoms with Crippen LogP contribution >= 0.6 is 0 Å². The van der Waals surface area contributed by atoms with E-state index in [0.717, 1.165) is 0 Å². The van der Waals surface area contributed by atoms with E-state index >= 15 is 0 Å². The molecule has 2 N–H and O–H groups in total. The topological polar surface area (TPSA) is 54.4 Å². The Morgan fingerprint density at radius 1 is 1.30 bits per heavy atom. The molecule has 178 valence electrons. The molecular formula is C25H28F4N2O2. The zero-order valence-electron chi connectivity index (χ0n) is 18.9. The molecular weight excluding hydrogens is 436 g/mol. The van der Waals surface area contributed by atoms with Crippen LogP contribution in [0.1, 0.15) is 49.6 Å². The minimum Gasteiger partial charge on any atom is -0.493 e. The van der Waals surface area contributed by atoms with Crippen molar-refractivity contribution in [1.29, 1.82) is 0 Å². The molecule has 1 aromatic carbocycles. The van der Waals surface area contributed by atoms with E-state index in [9.17, 15) is 22.7 Å². The Hall–Kier alpha value is -2.87. The number of fused-ring (bicyclic) bond motifs is 1. The van der Waals surface area contributed by atoms with E-state index < -0.39 is 36.0 Å². The maximum absolute atomic E-state index is 14.2. The first-order valence-electron chi connectivity index (χ1n) is 10.6. The number of nitrogens with zero attached hydrogens (tertiary/aromatic N) is 1. The Balaban J connectivity index is 1.88. The SMILES string of the molecule is C=C(NCC(O)(CC(C)(C)c1cc(F)cc2c1OCC2)C(F)(F)F)c1cccnc1/C=C\C. The van der Waals surface area contributed by atoms with E-state index in [2.05, 4.69) is 16.9 Å². The molecule has 0 fully saturated rings. The Labute approximate surface area is 191 Å². The molecule has 0 spiro atoms. The molecule has 8 heteroatoms. The summed E-state index contributed by atoms with van der Waals surface area (Å²) in [4.78, 5) is 4.20. The van der Waals surface area contributed by atoms with Gasteiger partial charge in [0.15, 0.2) is 5.60 Å². The van der Waals surface area contributed by atoms with Crippen LogP contribution in [0.3, 0.4) is 0 Å². The van der Waals surface area contributed by atoms with Crippen molar-refractivity contribution in [3.63, 3.8) is 0 Å². The smallest absolute Gasteiger partial charge is 0.418 e. The Morgan fingerprint density at radius 3 is 2.70 bits per heavy atom. The quantitative estimate of drug-likeness (QED) is 0.513. The number of rotatable bonds is 8. The van der Waals surface area contributed by atoms with Crippen LogP contribution in [0, 0.1) is 5.82 Å². The van der Waals surface area contributed by atoms with Crippen molar-refractivity contribution in [2.24, 2.45) is 0 Å². The molecule has 2 heterocycles. The van der Waals surface area contributed by atoms with Crippen LogP contribution in [0.15, 0.2) is 43.1 Å². The van der Waals surface area contributed by atoms with E-state index in [-0.39, 0.29) is 5.70 Å². The summed E-state index contributed by atoms with van der Waals surface area (Å²) in [5, 5.41) is 13.5. The normalized spacial score (nSPS) is 15.8. The molecule has 1 unspecified atom stereocenters. The van der Waals surface area contributed by atoms with Crippen LogP contribution in [0.25, 0.3) is 11.8 Å². The number of benzene rings is 1. The van der Waals surface area contributed by atoms with Crippen molar-refractivity contribution >= 4 is 11.8 Å². The van der Waals surface area contributed by atoms with Gasteiger partial charge in [-0.3, -0.25) is 4.98 Å². The second-order valence-corrected chi connectivity index (χ2v) is 8.90. The number of halogens is 4. The summed E-state index contributed by atoms with van der Waals surface area (Å²) in [6, 6.07) is 5.85. The Kier molecular flexibility index (Phi) is 6.88. The zero-order chi connectivity index (χ0) is 24.4. The minimum absolute atomic E-state index is 0.201. The average Bonchev–Trinajstić information content (AvgIpc) is 3.19. The summed E-state index contributed by atoms with van der Waals surface area (Å²) in [7, 11) is 0. The Bertz CT molecular complexity index is 1060. The maximum Gasteiger partial charge on any atom is 0.418 e. The molecule has 1 atom stereocenters. The molecule has 0 amide bonds. The summed E-state index contributed by atoms with van der Waals surface area (Å²) in [6.45, 7) is 8.22. The highest BCUT2D eigenvalue weighted by Gasteiger charge is 2.56. The summed E-state index contributed by atoms with van der Waals surface area (Å²) >= 11 is 0. The summed E-state index contributed by atoms with van der Waals surface area (Å²) < 4.78 is 62.1. The fraction of sp³-hybridized carbons (Fsp3) is 0.400.